The van der Waals surface area contributed by atoms with E-state index in [1.54, 1.807) is 0 Å². The molecule has 2 atom stereocenters. The van der Waals surface area contributed by atoms with Crippen LogP contribution >= 0.6 is 0 Å². The van der Waals surface area contributed by atoms with Crippen molar-refractivity contribution in [3.63, 3.8) is 0 Å². The van der Waals surface area contributed by atoms with Gasteiger partial charge in [0.1, 0.15) is 0 Å². The Morgan fingerprint density at radius 1 is 0.720 bits per heavy atom. The summed E-state index contributed by atoms with van der Waals surface area (Å²) in [5.41, 5.74) is 5.61. The molecule has 8 rings (SSSR count). The van der Waals surface area contributed by atoms with E-state index in [-0.39, 0.29) is 41.6 Å². The molecule has 0 unspecified atom stereocenters. The average molecular weight is 680 g/mol. The van der Waals surface area contributed by atoms with Crippen LogP contribution in [0.5, 0.6) is 0 Å². The summed E-state index contributed by atoms with van der Waals surface area (Å²) >= 11 is 0. The number of fused-ring (bicyclic) bond motifs is 2. The van der Waals surface area contributed by atoms with Gasteiger partial charge in [-0.15, -0.1) is 0 Å². The van der Waals surface area contributed by atoms with Gasteiger partial charge in [0.2, 0.25) is 0 Å². The lowest BCUT2D eigenvalue weighted by Gasteiger charge is -2.38. The van der Waals surface area contributed by atoms with E-state index >= 15 is 0 Å². The van der Waals surface area contributed by atoms with Crippen molar-refractivity contribution in [2.75, 3.05) is 0 Å². The van der Waals surface area contributed by atoms with E-state index in [0.717, 1.165) is 57.8 Å². The third-order valence-corrected chi connectivity index (χ3v) is 15.9. The number of amides is 2. The minimum absolute atomic E-state index is 0.0348. The van der Waals surface area contributed by atoms with Crippen LogP contribution < -0.4 is 0 Å². The zero-order valence-electron chi connectivity index (χ0n) is 29.6. The topological polar surface area (TPSA) is 56.5 Å². The number of carbonyl (C=O) groups excluding carboxylic acids is 2. The lowest BCUT2D eigenvalue weighted by molar-refractivity contribution is -0.136. The van der Waals surface area contributed by atoms with E-state index in [4.69, 9.17) is 4.43 Å². The second kappa shape index (κ2) is 12.2. The van der Waals surface area contributed by atoms with Crippen molar-refractivity contribution in [1.29, 1.82) is 0 Å². The van der Waals surface area contributed by atoms with Crippen molar-refractivity contribution in [1.82, 2.24) is 14.0 Å². The number of allylic oxidation sites excluding steroid dienone is 3. The van der Waals surface area contributed by atoms with Crippen molar-refractivity contribution in [2.24, 2.45) is 0 Å². The highest BCUT2D eigenvalue weighted by molar-refractivity contribution is 6.74. The Balaban J connectivity index is 1.27. The molecule has 3 aromatic carbocycles. The summed E-state index contributed by atoms with van der Waals surface area (Å²) in [5, 5.41) is 2.07. The Kier molecular flexibility index (Phi) is 7.96. The van der Waals surface area contributed by atoms with E-state index in [1.807, 2.05) is 48.5 Å². The Morgan fingerprint density at radius 2 is 1.26 bits per heavy atom. The number of benzene rings is 3. The molecule has 0 fully saturated rings. The Bertz CT molecular complexity index is 2220. The van der Waals surface area contributed by atoms with Gasteiger partial charge in [-0.1, -0.05) is 112 Å². The molecular formula is C43H45N3O3Si. The molecule has 2 aliphatic carbocycles. The number of hydrogen-bond acceptors (Lipinski definition) is 3. The van der Waals surface area contributed by atoms with Gasteiger partial charge in [0.15, 0.2) is 8.32 Å². The maximum atomic E-state index is 14.8. The fourth-order valence-electron chi connectivity index (χ4n) is 7.70. The predicted molar refractivity (Wildman–Crippen MR) is 205 cm³/mol. The fraction of sp³-hybridized carbons (Fsp3) is 0.302. The summed E-state index contributed by atoms with van der Waals surface area (Å²) in [5.74, 6) is -0.501. The summed E-state index contributed by atoms with van der Waals surface area (Å²) in [6.07, 6.45) is 15.9. The largest absolute Gasteiger partial charge is 0.410 e. The van der Waals surface area contributed by atoms with E-state index in [0.29, 0.717) is 11.1 Å². The predicted octanol–water partition coefficient (Wildman–Crippen LogP) is 9.86. The summed E-state index contributed by atoms with van der Waals surface area (Å²) in [7, 11) is -1.97. The van der Waals surface area contributed by atoms with Gasteiger partial charge in [-0.2, -0.15) is 0 Å². The van der Waals surface area contributed by atoms with E-state index < -0.39 is 8.32 Å². The molecular weight excluding hydrogens is 635 g/mol. The summed E-state index contributed by atoms with van der Waals surface area (Å²) in [6.45, 7) is 11.6. The van der Waals surface area contributed by atoms with Crippen LogP contribution in [0.1, 0.15) is 68.8 Å². The lowest BCUT2D eigenvalue weighted by Crippen LogP contribution is -2.43. The van der Waals surface area contributed by atoms with Gasteiger partial charge in [-0.3, -0.25) is 14.5 Å². The average Bonchev–Trinajstić information content (AvgIpc) is 3.93. The molecule has 50 heavy (non-hydrogen) atoms. The number of rotatable bonds is 8. The van der Waals surface area contributed by atoms with Gasteiger partial charge in [-0.25, -0.2) is 0 Å². The molecule has 6 nitrogen and oxygen atoms in total. The van der Waals surface area contributed by atoms with Crippen LogP contribution in [0.4, 0.5) is 0 Å². The highest BCUT2D eigenvalue weighted by atomic mass is 28.4. The van der Waals surface area contributed by atoms with E-state index in [1.165, 1.54) is 4.90 Å². The first-order valence-electron chi connectivity index (χ1n) is 17.9. The van der Waals surface area contributed by atoms with Gasteiger partial charge < -0.3 is 13.6 Å². The van der Waals surface area contributed by atoms with Crippen LogP contribution in [0.2, 0.25) is 18.1 Å². The second-order valence-corrected chi connectivity index (χ2v) is 20.3. The quantitative estimate of drug-likeness (QED) is 0.0932. The molecule has 254 valence electrons. The number of aromatic nitrogens is 2. The Labute approximate surface area is 295 Å². The first-order chi connectivity index (χ1) is 24.0. The SMILES string of the molecule is CC(C)(C)[Si](C)(C)O[C@@H]1C=C[C@H](n2cc(C3=C(c4cn(C5CC=CC5)c5ccccc45)C(=O)N(Cc4ccccc4)C3=O)c3ccccc32)C1. The van der Waals surface area contributed by atoms with Crippen LogP contribution in [0.15, 0.2) is 116 Å². The molecule has 0 N–H and O–H groups in total. The third-order valence-electron chi connectivity index (χ3n) is 11.4. The van der Waals surface area contributed by atoms with E-state index in [9.17, 15) is 9.59 Å². The minimum atomic E-state index is -1.97. The zero-order valence-corrected chi connectivity index (χ0v) is 30.6. The van der Waals surface area contributed by atoms with Crippen LogP contribution in [-0.4, -0.2) is 40.3 Å². The first-order valence-corrected chi connectivity index (χ1v) is 20.8. The molecule has 1 aliphatic heterocycles. The summed E-state index contributed by atoms with van der Waals surface area (Å²) in [6, 6.07) is 26.7. The number of para-hydroxylation sites is 2. The number of hydrogen-bond donors (Lipinski definition) is 0. The van der Waals surface area contributed by atoms with Crippen molar-refractivity contribution in [3.05, 3.63) is 132 Å². The minimum Gasteiger partial charge on any atom is -0.410 e. The standard InChI is InChI=1S/C43H45N3O3Si/c1-43(2,3)50(4,5)49-32-24-23-31(25-32)45-28-36(34-20-12-14-22-38(34)45)40-39(41(47)46(42(40)48)26-29-15-7-6-8-16-29)35-27-44(30-17-9-10-18-30)37-21-13-11-19-33(35)37/h6-16,19-24,27-28,30-32H,17-18,25-26H2,1-5H3/t31-,32+/m0/s1. The molecule has 3 heterocycles. The molecule has 2 amide bonds. The molecule has 5 aromatic rings. The van der Waals surface area contributed by atoms with Crippen LogP contribution in [-0.2, 0) is 20.6 Å². The zero-order chi connectivity index (χ0) is 34.8. The van der Waals surface area contributed by atoms with Gasteiger partial charge in [0.25, 0.3) is 11.8 Å². The van der Waals surface area contributed by atoms with Crippen LogP contribution in [0, 0.1) is 0 Å². The van der Waals surface area contributed by atoms with Crippen molar-refractivity contribution in [2.45, 2.75) is 82.9 Å². The van der Waals surface area contributed by atoms with Crippen LogP contribution in [0.25, 0.3) is 33.0 Å². The summed E-state index contributed by atoms with van der Waals surface area (Å²) < 4.78 is 11.4. The highest BCUT2D eigenvalue weighted by Gasteiger charge is 2.43. The molecule has 0 radical (unpaired) electrons. The van der Waals surface area contributed by atoms with Crippen molar-refractivity contribution < 1.29 is 14.0 Å². The molecule has 3 aliphatic rings. The molecule has 0 spiro atoms. The molecule has 0 bridgehead atoms. The lowest BCUT2D eigenvalue weighted by atomic mass is 9.95. The maximum Gasteiger partial charge on any atom is 0.262 e. The maximum absolute atomic E-state index is 14.8. The number of imide groups is 1. The molecule has 7 heteroatoms. The summed E-state index contributed by atoms with van der Waals surface area (Å²) in [4.78, 5) is 30.9. The Hall–Kier alpha value is -4.72. The highest BCUT2D eigenvalue weighted by Crippen LogP contribution is 2.45. The second-order valence-electron chi connectivity index (χ2n) is 15.6. The molecule has 0 saturated heterocycles. The number of carbonyl (C=O) groups is 2. The van der Waals surface area contributed by atoms with Gasteiger partial charge in [0.05, 0.1) is 29.8 Å². The fourth-order valence-corrected chi connectivity index (χ4v) is 8.98. The Morgan fingerprint density at radius 3 is 1.86 bits per heavy atom. The smallest absolute Gasteiger partial charge is 0.262 e. The molecule has 0 saturated carbocycles. The third kappa shape index (κ3) is 5.44. The molecule has 2 aromatic heterocycles. The van der Waals surface area contributed by atoms with Gasteiger partial charge >= 0.3 is 0 Å². The van der Waals surface area contributed by atoms with Gasteiger partial charge in [-0.05, 0) is 48.7 Å². The first kappa shape index (κ1) is 32.5. The van der Waals surface area contributed by atoms with Crippen molar-refractivity contribution >= 4 is 53.1 Å². The number of nitrogens with zero attached hydrogens (tertiary/aromatic N) is 3. The normalized spacial score (nSPS) is 20.1. The van der Waals surface area contributed by atoms with E-state index in [2.05, 4.69) is 110 Å². The van der Waals surface area contributed by atoms with Crippen molar-refractivity contribution in [3.8, 4) is 0 Å². The monoisotopic (exact) mass is 679 g/mol. The van der Waals surface area contributed by atoms with Gasteiger partial charge in [0, 0.05) is 57.8 Å². The van der Waals surface area contributed by atoms with Crippen LogP contribution in [0.3, 0.4) is 0 Å².